The van der Waals surface area contributed by atoms with E-state index in [1.807, 2.05) is 30.3 Å². The largest absolute Gasteiger partial charge is 0.508 e. The molecule has 1 saturated heterocycles. The predicted octanol–water partition coefficient (Wildman–Crippen LogP) is 4.35. The van der Waals surface area contributed by atoms with Gasteiger partial charge in [0.1, 0.15) is 23.9 Å². The molecule has 1 aliphatic rings. The number of phenols is 1. The first-order valence-electron chi connectivity index (χ1n) is 11.2. The van der Waals surface area contributed by atoms with Crippen molar-refractivity contribution in [2.75, 3.05) is 20.3 Å². The van der Waals surface area contributed by atoms with Gasteiger partial charge in [-0.05, 0) is 53.9 Å². The van der Waals surface area contributed by atoms with Gasteiger partial charge in [0.2, 0.25) is 0 Å². The number of nitrogens with zero attached hydrogens (tertiary/aromatic N) is 1. The molecule has 1 amide bonds. The standard InChI is InChI=1S/C28H27NO6/c1-18-16-22(35-17-19-6-4-3-5-7-19)12-13-23(18)26(31)24-25(20-8-10-21(30)11-9-20)29(14-15-34-2)28(33)27(24)32/h3-13,16,25,30-31H,14-15,17H2,1-2H3/b26-24+/t25-/m0/s1. The molecule has 180 valence electrons. The molecule has 35 heavy (non-hydrogen) atoms. The third-order valence-electron chi connectivity index (χ3n) is 5.99. The summed E-state index contributed by atoms with van der Waals surface area (Å²) in [5.41, 5.74) is 2.76. The molecule has 0 spiro atoms. The molecule has 4 rings (SSSR count). The number of aliphatic hydroxyl groups is 1. The lowest BCUT2D eigenvalue weighted by atomic mass is 9.94. The molecule has 1 atom stereocenters. The zero-order valence-corrected chi connectivity index (χ0v) is 19.6. The fourth-order valence-corrected chi connectivity index (χ4v) is 4.18. The van der Waals surface area contributed by atoms with Crippen LogP contribution in [-0.4, -0.2) is 47.1 Å². The Kier molecular flexibility index (Phi) is 7.17. The Labute approximate surface area is 203 Å². The highest BCUT2D eigenvalue weighted by molar-refractivity contribution is 6.46. The third kappa shape index (κ3) is 5.05. The van der Waals surface area contributed by atoms with Crippen molar-refractivity contribution in [3.63, 3.8) is 0 Å². The van der Waals surface area contributed by atoms with E-state index in [0.29, 0.717) is 29.0 Å². The number of aliphatic hydroxyl groups excluding tert-OH is 1. The van der Waals surface area contributed by atoms with Gasteiger partial charge in [0.15, 0.2) is 0 Å². The summed E-state index contributed by atoms with van der Waals surface area (Å²) in [5, 5.41) is 21.0. The van der Waals surface area contributed by atoms with Crippen LogP contribution in [0.5, 0.6) is 11.5 Å². The first kappa shape index (κ1) is 24.0. The SMILES string of the molecule is COCCN1C(=O)C(=O)/C(=C(/O)c2ccc(OCc3ccccc3)cc2C)[C@@H]1c1ccc(O)cc1. The van der Waals surface area contributed by atoms with Gasteiger partial charge in [-0.2, -0.15) is 0 Å². The second-order valence-corrected chi connectivity index (χ2v) is 8.33. The molecule has 0 bridgehead atoms. The van der Waals surface area contributed by atoms with Crippen molar-refractivity contribution < 1.29 is 29.3 Å². The number of Topliss-reactive ketones (excluding diaryl/α,β-unsaturated/α-hetero) is 1. The molecule has 0 saturated carbocycles. The summed E-state index contributed by atoms with van der Waals surface area (Å²) in [7, 11) is 1.51. The van der Waals surface area contributed by atoms with Gasteiger partial charge in [-0.25, -0.2) is 0 Å². The molecular weight excluding hydrogens is 446 g/mol. The number of ketones is 1. The van der Waals surface area contributed by atoms with Gasteiger partial charge < -0.3 is 24.6 Å². The number of carbonyl (C=O) groups is 2. The number of phenolic OH excluding ortho intramolecular Hbond substituents is 1. The van der Waals surface area contributed by atoms with Gasteiger partial charge in [-0.15, -0.1) is 0 Å². The van der Waals surface area contributed by atoms with E-state index in [-0.39, 0.29) is 30.2 Å². The van der Waals surface area contributed by atoms with Gasteiger partial charge in [0.05, 0.1) is 18.2 Å². The van der Waals surface area contributed by atoms with Crippen molar-refractivity contribution in [3.05, 3.63) is 101 Å². The highest BCUT2D eigenvalue weighted by atomic mass is 16.5. The number of ether oxygens (including phenoxy) is 2. The fourth-order valence-electron chi connectivity index (χ4n) is 4.18. The number of carbonyl (C=O) groups excluding carboxylic acids is 2. The molecule has 1 aliphatic heterocycles. The molecule has 7 heteroatoms. The van der Waals surface area contributed by atoms with Crippen LogP contribution in [0.1, 0.15) is 28.3 Å². The van der Waals surface area contributed by atoms with Crippen LogP contribution < -0.4 is 4.74 Å². The zero-order chi connectivity index (χ0) is 24.9. The molecule has 7 nitrogen and oxygen atoms in total. The Morgan fingerprint density at radius 1 is 1.00 bits per heavy atom. The van der Waals surface area contributed by atoms with Gasteiger partial charge in [0.25, 0.3) is 11.7 Å². The van der Waals surface area contributed by atoms with Gasteiger partial charge >= 0.3 is 0 Å². The smallest absolute Gasteiger partial charge is 0.295 e. The second kappa shape index (κ2) is 10.4. The Bertz CT molecular complexity index is 1250. The molecule has 0 radical (unpaired) electrons. The summed E-state index contributed by atoms with van der Waals surface area (Å²) in [5.74, 6) is -1.04. The van der Waals surface area contributed by atoms with Crippen molar-refractivity contribution in [1.29, 1.82) is 0 Å². The average molecular weight is 474 g/mol. The topological polar surface area (TPSA) is 96.3 Å². The summed E-state index contributed by atoms with van der Waals surface area (Å²) in [4.78, 5) is 27.3. The van der Waals surface area contributed by atoms with Crippen LogP contribution in [0.15, 0.2) is 78.4 Å². The van der Waals surface area contributed by atoms with E-state index in [0.717, 1.165) is 5.56 Å². The number of methoxy groups -OCH3 is 1. The van der Waals surface area contributed by atoms with Crippen LogP contribution >= 0.6 is 0 Å². The van der Waals surface area contributed by atoms with Gasteiger partial charge in [-0.3, -0.25) is 9.59 Å². The highest BCUT2D eigenvalue weighted by Gasteiger charge is 2.46. The molecule has 0 unspecified atom stereocenters. The van der Waals surface area contributed by atoms with E-state index in [9.17, 15) is 19.8 Å². The molecule has 0 aliphatic carbocycles. The zero-order valence-electron chi connectivity index (χ0n) is 19.6. The Balaban J connectivity index is 1.70. The minimum absolute atomic E-state index is 0.00199. The summed E-state index contributed by atoms with van der Waals surface area (Å²) < 4.78 is 11.0. The lowest BCUT2D eigenvalue weighted by molar-refractivity contribution is -0.140. The van der Waals surface area contributed by atoms with Crippen LogP contribution in [-0.2, 0) is 20.9 Å². The van der Waals surface area contributed by atoms with E-state index in [4.69, 9.17) is 9.47 Å². The Morgan fingerprint density at radius 2 is 1.71 bits per heavy atom. The first-order valence-corrected chi connectivity index (χ1v) is 11.2. The number of rotatable bonds is 8. The van der Waals surface area contributed by atoms with Crippen molar-refractivity contribution in [2.45, 2.75) is 19.6 Å². The van der Waals surface area contributed by atoms with Gasteiger partial charge in [-0.1, -0.05) is 42.5 Å². The summed E-state index contributed by atoms with van der Waals surface area (Å²) in [6.07, 6.45) is 0. The summed E-state index contributed by atoms with van der Waals surface area (Å²) in [6.45, 7) is 2.61. The van der Waals surface area contributed by atoms with Crippen molar-refractivity contribution in [1.82, 2.24) is 4.90 Å². The molecule has 3 aromatic carbocycles. The van der Waals surface area contributed by atoms with E-state index in [1.165, 1.54) is 24.1 Å². The van der Waals surface area contributed by atoms with E-state index in [2.05, 4.69) is 0 Å². The van der Waals surface area contributed by atoms with Crippen molar-refractivity contribution >= 4 is 17.4 Å². The first-order chi connectivity index (χ1) is 16.9. The van der Waals surface area contributed by atoms with E-state index < -0.39 is 17.7 Å². The van der Waals surface area contributed by atoms with Crippen LogP contribution in [0.3, 0.4) is 0 Å². The number of amides is 1. The Morgan fingerprint density at radius 3 is 2.37 bits per heavy atom. The minimum atomic E-state index is -0.806. The molecule has 3 aromatic rings. The molecule has 0 aromatic heterocycles. The monoisotopic (exact) mass is 473 g/mol. The van der Waals surface area contributed by atoms with Crippen LogP contribution in [0.2, 0.25) is 0 Å². The molecule has 1 heterocycles. The number of hydrogen-bond donors (Lipinski definition) is 2. The minimum Gasteiger partial charge on any atom is -0.508 e. The second-order valence-electron chi connectivity index (χ2n) is 8.33. The summed E-state index contributed by atoms with van der Waals surface area (Å²) >= 11 is 0. The lowest BCUT2D eigenvalue weighted by Crippen LogP contribution is -2.32. The van der Waals surface area contributed by atoms with E-state index in [1.54, 1.807) is 37.3 Å². The maximum absolute atomic E-state index is 13.1. The van der Waals surface area contributed by atoms with E-state index >= 15 is 0 Å². The highest BCUT2D eigenvalue weighted by Crippen LogP contribution is 2.40. The van der Waals surface area contributed by atoms with Crippen molar-refractivity contribution in [3.8, 4) is 11.5 Å². The fraction of sp³-hybridized carbons (Fsp3) is 0.214. The Hall–Kier alpha value is -4.10. The maximum atomic E-state index is 13.1. The van der Waals surface area contributed by atoms with Crippen molar-refractivity contribution in [2.24, 2.45) is 0 Å². The predicted molar refractivity (Wildman–Crippen MR) is 131 cm³/mol. The lowest BCUT2D eigenvalue weighted by Gasteiger charge is -2.25. The molecule has 2 N–H and O–H groups in total. The quantitative estimate of drug-likeness (QED) is 0.287. The number of aromatic hydroxyl groups is 1. The van der Waals surface area contributed by atoms with Crippen LogP contribution in [0.4, 0.5) is 0 Å². The third-order valence-corrected chi connectivity index (χ3v) is 5.99. The number of benzene rings is 3. The average Bonchev–Trinajstić information content (AvgIpc) is 3.12. The van der Waals surface area contributed by atoms with Gasteiger partial charge in [0, 0.05) is 19.2 Å². The number of hydrogen-bond acceptors (Lipinski definition) is 6. The molecule has 1 fully saturated rings. The van der Waals surface area contributed by atoms with Crippen LogP contribution in [0, 0.1) is 6.92 Å². The molecular formula is C28H27NO6. The maximum Gasteiger partial charge on any atom is 0.295 e. The van der Waals surface area contributed by atoms with Crippen LogP contribution in [0.25, 0.3) is 5.76 Å². The number of aryl methyl sites for hydroxylation is 1. The normalized spacial score (nSPS) is 17.1. The number of likely N-dealkylation sites (tertiary alicyclic amines) is 1. The summed E-state index contributed by atoms with van der Waals surface area (Å²) in [6, 6.07) is 20.4.